The zero-order chi connectivity index (χ0) is 25.0. The number of carbonyl (C=O) groups is 2. The molecule has 11 nitrogen and oxygen atoms in total. The number of carboxylic acid groups (broad SMARTS) is 1. The van der Waals surface area contributed by atoms with Gasteiger partial charge in [0.05, 0.1) is 37.4 Å². The lowest BCUT2D eigenvalue weighted by Gasteiger charge is -2.19. The number of carbonyl (C=O) groups excluding carboxylic acids is 1. The summed E-state index contributed by atoms with van der Waals surface area (Å²) in [5.41, 5.74) is 1.87. The Balaban J connectivity index is 2.11. The summed E-state index contributed by atoms with van der Waals surface area (Å²) in [5, 5.41) is 10.5. The van der Waals surface area contributed by atoms with E-state index in [-0.39, 0.29) is 18.7 Å². The van der Waals surface area contributed by atoms with Gasteiger partial charge < -0.3 is 14.6 Å². The molecule has 0 aromatic carbocycles. The zero-order valence-corrected chi connectivity index (χ0v) is 20.5. The predicted octanol–water partition coefficient (Wildman–Crippen LogP) is 2.35. The van der Waals surface area contributed by atoms with Crippen molar-refractivity contribution in [3.05, 3.63) is 43.6 Å². The smallest absolute Gasteiger partial charge is 0.423 e. The Bertz CT molecular complexity index is 1200. The molecular weight excluding hydrogens is 464 g/mol. The normalized spacial score (nSPS) is 16.0. The van der Waals surface area contributed by atoms with Crippen LogP contribution in [0.1, 0.15) is 50.1 Å². The number of nitrogens with zero attached hydrogens (tertiary/aromatic N) is 3. The lowest BCUT2D eigenvalue weighted by Crippen LogP contribution is -2.44. The summed E-state index contributed by atoms with van der Waals surface area (Å²) < 4.78 is 13.6. The molecule has 1 aliphatic heterocycles. The SMILES string of the molecule is CCOC=CC(=O)N(Cc1sc2c(c1C)c(=O)n(C(C)C)c(=O)n2CC1CCCO1)NC(=O)O. The van der Waals surface area contributed by atoms with E-state index in [4.69, 9.17) is 9.47 Å². The van der Waals surface area contributed by atoms with Crippen LogP contribution in [0.25, 0.3) is 10.2 Å². The van der Waals surface area contributed by atoms with Crippen LogP contribution in [0.5, 0.6) is 0 Å². The van der Waals surface area contributed by atoms with Crippen LogP contribution in [0.3, 0.4) is 0 Å². The number of thiophene rings is 1. The first-order chi connectivity index (χ1) is 16.1. The zero-order valence-electron chi connectivity index (χ0n) is 19.7. The average Bonchev–Trinajstić information content (AvgIpc) is 3.38. The van der Waals surface area contributed by atoms with Crippen LogP contribution in [-0.4, -0.2) is 50.6 Å². The van der Waals surface area contributed by atoms with Gasteiger partial charge in [-0.1, -0.05) is 0 Å². The van der Waals surface area contributed by atoms with Crippen molar-refractivity contribution in [2.45, 2.75) is 65.8 Å². The number of ether oxygens (including phenoxy) is 2. The molecule has 0 aliphatic carbocycles. The van der Waals surface area contributed by atoms with E-state index in [0.29, 0.717) is 40.4 Å². The summed E-state index contributed by atoms with van der Waals surface area (Å²) in [7, 11) is 0. The molecule has 0 bridgehead atoms. The molecule has 3 heterocycles. The summed E-state index contributed by atoms with van der Waals surface area (Å²) in [6, 6.07) is -0.349. The molecule has 34 heavy (non-hydrogen) atoms. The van der Waals surface area contributed by atoms with Gasteiger partial charge in [0.2, 0.25) is 0 Å². The number of hydrogen-bond donors (Lipinski definition) is 2. The monoisotopic (exact) mass is 494 g/mol. The van der Waals surface area contributed by atoms with Crippen molar-refractivity contribution in [2.75, 3.05) is 13.2 Å². The summed E-state index contributed by atoms with van der Waals surface area (Å²) in [6.45, 7) is 8.22. The minimum atomic E-state index is -1.41. The number of amides is 2. The second kappa shape index (κ2) is 10.9. The van der Waals surface area contributed by atoms with Crippen molar-refractivity contribution in [1.82, 2.24) is 19.6 Å². The maximum atomic E-state index is 13.3. The Labute approximate surface area is 200 Å². The molecule has 1 saturated heterocycles. The molecule has 2 aromatic heterocycles. The number of aromatic nitrogens is 2. The average molecular weight is 495 g/mol. The van der Waals surface area contributed by atoms with Gasteiger partial charge in [0, 0.05) is 23.6 Å². The van der Waals surface area contributed by atoms with Crippen molar-refractivity contribution in [2.24, 2.45) is 0 Å². The molecule has 2 N–H and O–H groups in total. The third-order valence-electron chi connectivity index (χ3n) is 5.54. The fraction of sp³-hybridized carbons (Fsp3) is 0.545. The first-order valence-corrected chi connectivity index (χ1v) is 11.9. The summed E-state index contributed by atoms with van der Waals surface area (Å²) in [5.74, 6) is -0.635. The number of fused-ring (bicyclic) bond motifs is 1. The second-order valence-corrected chi connectivity index (χ2v) is 9.31. The summed E-state index contributed by atoms with van der Waals surface area (Å²) in [6.07, 6.45) is 2.50. The highest BCUT2D eigenvalue weighted by Crippen LogP contribution is 2.30. The van der Waals surface area contributed by atoms with E-state index in [1.807, 2.05) is 0 Å². The minimum absolute atomic E-state index is 0.123. The Morgan fingerprint density at radius 2 is 2.12 bits per heavy atom. The first kappa shape index (κ1) is 25.5. The predicted molar refractivity (Wildman–Crippen MR) is 127 cm³/mol. The van der Waals surface area contributed by atoms with Crippen LogP contribution in [0.2, 0.25) is 0 Å². The number of hydrazine groups is 1. The molecule has 1 fully saturated rings. The highest BCUT2D eigenvalue weighted by molar-refractivity contribution is 7.18. The maximum Gasteiger partial charge on any atom is 0.423 e. The Morgan fingerprint density at radius 1 is 1.38 bits per heavy atom. The molecular formula is C22H30N4O7S. The van der Waals surface area contributed by atoms with Crippen molar-refractivity contribution in [3.8, 4) is 0 Å². The van der Waals surface area contributed by atoms with E-state index in [9.17, 15) is 24.3 Å². The summed E-state index contributed by atoms with van der Waals surface area (Å²) in [4.78, 5) is 51.5. The van der Waals surface area contributed by atoms with Crippen molar-refractivity contribution in [3.63, 3.8) is 0 Å². The number of nitrogens with one attached hydrogen (secondary N) is 1. The van der Waals surface area contributed by atoms with Crippen molar-refractivity contribution in [1.29, 1.82) is 0 Å². The van der Waals surface area contributed by atoms with E-state index < -0.39 is 23.2 Å². The van der Waals surface area contributed by atoms with E-state index >= 15 is 0 Å². The van der Waals surface area contributed by atoms with Crippen LogP contribution in [0.15, 0.2) is 21.9 Å². The van der Waals surface area contributed by atoms with Gasteiger partial charge in [0.1, 0.15) is 4.83 Å². The maximum absolute atomic E-state index is 13.3. The van der Waals surface area contributed by atoms with Crippen LogP contribution in [-0.2, 0) is 27.4 Å². The van der Waals surface area contributed by atoms with E-state index in [0.717, 1.165) is 23.9 Å². The van der Waals surface area contributed by atoms with Gasteiger partial charge in [0.25, 0.3) is 11.5 Å². The van der Waals surface area contributed by atoms with Crippen LogP contribution < -0.4 is 16.7 Å². The molecule has 12 heteroatoms. The Kier molecular flexibility index (Phi) is 8.15. The number of rotatable bonds is 8. The quantitative estimate of drug-likeness (QED) is 0.327. The molecule has 0 radical (unpaired) electrons. The number of hydrogen-bond acceptors (Lipinski definition) is 7. The third-order valence-corrected chi connectivity index (χ3v) is 6.84. The number of aryl methyl sites for hydroxylation is 1. The van der Waals surface area contributed by atoms with Gasteiger partial charge in [-0.15, -0.1) is 11.3 Å². The van der Waals surface area contributed by atoms with Gasteiger partial charge in [-0.2, -0.15) is 0 Å². The van der Waals surface area contributed by atoms with Gasteiger partial charge in [-0.05, 0) is 46.1 Å². The highest BCUT2D eigenvalue weighted by atomic mass is 32.1. The van der Waals surface area contributed by atoms with E-state index in [1.165, 1.54) is 22.2 Å². The molecule has 1 aliphatic rings. The molecule has 3 rings (SSSR count). The van der Waals surface area contributed by atoms with Gasteiger partial charge in [-0.3, -0.25) is 18.7 Å². The summed E-state index contributed by atoms with van der Waals surface area (Å²) >= 11 is 1.20. The Morgan fingerprint density at radius 3 is 2.71 bits per heavy atom. The fourth-order valence-electron chi connectivity index (χ4n) is 3.89. The van der Waals surface area contributed by atoms with Crippen molar-refractivity contribution >= 4 is 33.6 Å². The van der Waals surface area contributed by atoms with Crippen LogP contribution in [0.4, 0.5) is 4.79 Å². The lowest BCUT2D eigenvalue weighted by molar-refractivity contribution is -0.129. The molecule has 0 spiro atoms. The minimum Gasteiger partial charge on any atom is -0.501 e. The van der Waals surface area contributed by atoms with Crippen LogP contribution in [0, 0.1) is 6.92 Å². The van der Waals surface area contributed by atoms with Crippen molar-refractivity contribution < 1.29 is 24.2 Å². The lowest BCUT2D eigenvalue weighted by atomic mass is 10.2. The molecule has 2 aromatic rings. The van der Waals surface area contributed by atoms with Gasteiger partial charge in [0.15, 0.2) is 0 Å². The first-order valence-electron chi connectivity index (χ1n) is 11.1. The second-order valence-electron chi connectivity index (χ2n) is 8.23. The largest absolute Gasteiger partial charge is 0.501 e. The van der Waals surface area contributed by atoms with E-state index in [2.05, 4.69) is 5.43 Å². The Hall–Kier alpha value is -3.12. The third kappa shape index (κ3) is 5.33. The standard InChI is InChI=1S/C22H30N4O7S/c1-5-32-10-8-17(27)25(23-21(29)30)12-16-14(4)18-19(28)26(13(2)3)22(31)24(20(18)34-16)11-15-7-6-9-33-15/h8,10,13,15,23H,5-7,9,11-12H2,1-4H3,(H,29,30). The van der Waals surface area contributed by atoms with Gasteiger partial charge in [-0.25, -0.2) is 20.0 Å². The van der Waals surface area contributed by atoms with Crippen LogP contribution >= 0.6 is 11.3 Å². The van der Waals surface area contributed by atoms with Gasteiger partial charge >= 0.3 is 11.8 Å². The fourth-order valence-corrected chi connectivity index (χ4v) is 5.18. The molecule has 186 valence electrons. The molecule has 0 saturated carbocycles. The molecule has 1 unspecified atom stereocenters. The molecule has 2 amide bonds. The van der Waals surface area contributed by atoms with E-state index in [1.54, 1.807) is 32.3 Å². The highest BCUT2D eigenvalue weighted by Gasteiger charge is 2.26. The topological polar surface area (TPSA) is 132 Å². The molecule has 1 atom stereocenters.